The van der Waals surface area contributed by atoms with Crippen molar-refractivity contribution in [2.45, 2.75) is 59.5 Å². The van der Waals surface area contributed by atoms with E-state index in [1.54, 1.807) is 16.2 Å². The molecule has 0 fully saturated rings. The Kier molecular flexibility index (Phi) is 8.52. The molecule has 0 saturated heterocycles. The minimum atomic E-state index is -0.376. The van der Waals surface area contributed by atoms with E-state index in [4.69, 9.17) is 16.3 Å². The number of ether oxygens (including phenoxy) is 1. The normalized spacial score (nSPS) is 15.8. The van der Waals surface area contributed by atoms with Crippen molar-refractivity contribution < 1.29 is 14.3 Å². The van der Waals surface area contributed by atoms with Gasteiger partial charge < -0.3 is 19.9 Å². The van der Waals surface area contributed by atoms with Gasteiger partial charge in [0.2, 0.25) is 5.91 Å². The summed E-state index contributed by atoms with van der Waals surface area (Å²) < 4.78 is 6.13. The number of benzene rings is 1. The van der Waals surface area contributed by atoms with Crippen LogP contribution in [0, 0.1) is 12.8 Å². The van der Waals surface area contributed by atoms with Gasteiger partial charge in [0.15, 0.2) is 0 Å². The quantitative estimate of drug-likeness (QED) is 0.526. The fourth-order valence-corrected chi connectivity index (χ4v) is 5.12. The van der Waals surface area contributed by atoms with E-state index in [9.17, 15) is 9.59 Å². The Hall–Kier alpha value is -2.25. The van der Waals surface area contributed by atoms with Crippen molar-refractivity contribution in [1.29, 1.82) is 0 Å². The molecule has 8 heteroatoms. The molecule has 0 aliphatic carbocycles. The van der Waals surface area contributed by atoms with Crippen LogP contribution in [0.3, 0.4) is 0 Å². The second-order valence-corrected chi connectivity index (χ2v) is 11.7. The third-order valence-electron chi connectivity index (χ3n) is 5.63. The lowest BCUT2D eigenvalue weighted by molar-refractivity contribution is -0.135. The number of urea groups is 1. The average molecular weight is 506 g/mol. The molecular weight excluding hydrogens is 470 g/mol. The van der Waals surface area contributed by atoms with Gasteiger partial charge in [-0.05, 0) is 80.8 Å². The lowest BCUT2D eigenvalue weighted by Gasteiger charge is -2.37. The van der Waals surface area contributed by atoms with Crippen LogP contribution >= 0.6 is 22.9 Å². The van der Waals surface area contributed by atoms with Gasteiger partial charge in [-0.15, -0.1) is 11.3 Å². The molecule has 1 N–H and O–H groups in total. The number of nitrogens with zero attached hydrogens (tertiary/aromatic N) is 2. The maximum Gasteiger partial charge on any atom is 0.318 e. The first-order valence-electron chi connectivity index (χ1n) is 11.8. The molecular formula is C26H36ClN3O3S. The SMILES string of the molecule is Cc1cc(OC[C@H]2c3ccsc3CCN2C(=O)CN(CC(C)C)C(=O)NC(C)(C)C)ccc1Cl. The first-order chi connectivity index (χ1) is 15.9. The fraction of sp³-hybridized carbons (Fsp3) is 0.538. The van der Waals surface area contributed by atoms with Gasteiger partial charge in [-0.2, -0.15) is 0 Å². The van der Waals surface area contributed by atoms with Gasteiger partial charge in [0.1, 0.15) is 18.9 Å². The number of fused-ring (bicyclic) bond motifs is 1. The standard InChI is InChI=1S/C26H36ClN3O3S/c1-17(2)14-29(25(32)28-26(4,5)6)15-24(31)30-11-9-23-20(10-12-34-23)22(30)16-33-19-7-8-21(27)18(3)13-19/h7-8,10,12-13,17,22H,9,11,14-16H2,1-6H3,(H,28,32)/t22-/m0/s1. The van der Waals surface area contributed by atoms with Crippen molar-refractivity contribution in [3.63, 3.8) is 0 Å². The van der Waals surface area contributed by atoms with E-state index in [1.165, 1.54) is 4.88 Å². The maximum absolute atomic E-state index is 13.5. The molecule has 1 aliphatic rings. The smallest absolute Gasteiger partial charge is 0.318 e. The molecule has 0 unspecified atom stereocenters. The molecule has 0 saturated carbocycles. The number of aryl methyl sites for hydroxylation is 1. The third kappa shape index (κ3) is 6.89. The number of thiophene rings is 1. The molecule has 1 aromatic heterocycles. The highest BCUT2D eigenvalue weighted by molar-refractivity contribution is 7.10. The molecule has 1 atom stereocenters. The number of hydrogen-bond donors (Lipinski definition) is 1. The van der Waals surface area contributed by atoms with E-state index in [1.807, 2.05) is 64.6 Å². The molecule has 186 valence electrons. The molecule has 34 heavy (non-hydrogen) atoms. The molecule has 0 radical (unpaired) electrons. The van der Waals surface area contributed by atoms with E-state index in [0.717, 1.165) is 23.3 Å². The van der Waals surface area contributed by atoms with Gasteiger partial charge in [-0.1, -0.05) is 25.4 Å². The highest BCUT2D eigenvalue weighted by atomic mass is 35.5. The Morgan fingerprint density at radius 2 is 2.03 bits per heavy atom. The fourth-order valence-electron chi connectivity index (χ4n) is 4.07. The largest absolute Gasteiger partial charge is 0.491 e. The Labute approximate surface area is 212 Å². The first kappa shape index (κ1) is 26.4. The lowest BCUT2D eigenvalue weighted by Crippen LogP contribution is -2.53. The zero-order chi connectivity index (χ0) is 25.0. The summed E-state index contributed by atoms with van der Waals surface area (Å²) in [5.74, 6) is 0.903. The highest BCUT2D eigenvalue weighted by Gasteiger charge is 2.34. The maximum atomic E-state index is 13.5. The molecule has 0 bridgehead atoms. The highest BCUT2D eigenvalue weighted by Crippen LogP contribution is 2.34. The number of carbonyl (C=O) groups excluding carboxylic acids is 2. The van der Waals surface area contributed by atoms with Gasteiger partial charge in [-0.3, -0.25) is 4.79 Å². The topological polar surface area (TPSA) is 61.9 Å². The number of nitrogens with one attached hydrogen (secondary N) is 1. The summed E-state index contributed by atoms with van der Waals surface area (Å²) in [7, 11) is 0. The van der Waals surface area contributed by atoms with E-state index in [0.29, 0.717) is 24.7 Å². The lowest BCUT2D eigenvalue weighted by atomic mass is 10.0. The van der Waals surface area contributed by atoms with Crippen LogP contribution < -0.4 is 10.1 Å². The predicted molar refractivity (Wildman–Crippen MR) is 139 cm³/mol. The monoisotopic (exact) mass is 505 g/mol. The summed E-state index contributed by atoms with van der Waals surface area (Å²) in [6.45, 7) is 13.3. The van der Waals surface area contributed by atoms with Crippen LogP contribution in [-0.2, 0) is 11.2 Å². The van der Waals surface area contributed by atoms with Gasteiger partial charge in [0.05, 0.1) is 6.04 Å². The molecule has 6 nitrogen and oxygen atoms in total. The number of amides is 3. The summed E-state index contributed by atoms with van der Waals surface area (Å²) in [6, 6.07) is 7.24. The van der Waals surface area contributed by atoms with Crippen molar-refractivity contribution in [3.05, 3.63) is 50.7 Å². The minimum Gasteiger partial charge on any atom is -0.491 e. The summed E-state index contributed by atoms with van der Waals surface area (Å²) in [5.41, 5.74) is 1.70. The molecule has 2 aromatic rings. The Morgan fingerprint density at radius 3 is 2.68 bits per heavy atom. The zero-order valence-corrected chi connectivity index (χ0v) is 22.6. The average Bonchev–Trinajstić information content (AvgIpc) is 3.21. The van der Waals surface area contributed by atoms with Gasteiger partial charge in [-0.25, -0.2) is 4.79 Å². The van der Waals surface area contributed by atoms with Crippen molar-refractivity contribution in [3.8, 4) is 5.75 Å². The number of halogens is 1. The minimum absolute atomic E-state index is 0.0378. The number of hydrogen-bond acceptors (Lipinski definition) is 4. The van der Waals surface area contributed by atoms with Crippen molar-refractivity contribution in [2.24, 2.45) is 5.92 Å². The third-order valence-corrected chi connectivity index (χ3v) is 7.05. The predicted octanol–water partition coefficient (Wildman–Crippen LogP) is 5.68. The molecule has 2 heterocycles. The second-order valence-electron chi connectivity index (χ2n) is 10.3. The van der Waals surface area contributed by atoms with Crippen LogP contribution in [-0.4, -0.2) is 53.5 Å². The van der Waals surface area contributed by atoms with E-state index in [2.05, 4.69) is 16.8 Å². The van der Waals surface area contributed by atoms with Crippen molar-refractivity contribution in [1.82, 2.24) is 15.1 Å². The van der Waals surface area contributed by atoms with Crippen molar-refractivity contribution >= 4 is 34.9 Å². The number of carbonyl (C=O) groups is 2. The molecule has 3 rings (SSSR count). The Morgan fingerprint density at radius 1 is 1.29 bits per heavy atom. The Bertz CT molecular complexity index is 1010. The summed E-state index contributed by atoms with van der Waals surface area (Å²) in [4.78, 5) is 31.3. The van der Waals surface area contributed by atoms with Crippen LogP contribution in [0.1, 0.15) is 56.7 Å². The molecule has 3 amide bonds. The summed E-state index contributed by atoms with van der Waals surface area (Å²) >= 11 is 7.87. The number of rotatable bonds is 7. The van der Waals surface area contributed by atoms with Crippen molar-refractivity contribution in [2.75, 3.05) is 26.2 Å². The van der Waals surface area contributed by atoms with E-state index in [-0.39, 0.29) is 36.0 Å². The first-order valence-corrected chi connectivity index (χ1v) is 13.0. The molecule has 1 aromatic carbocycles. The van der Waals surface area contributed by atoms with Crippen LogP contribution in [0.15, 0.2) is 29.6 Å². The van der Waals surface area contributed by atoms with Crippen LogP contribution in [0.2, 0.25) is 5.02 Å². The van der Waals surface area contributed by atoms with Crippen LogP contribution in [0.4, 0.5) is 4.79 Å². The van der Waals surface area contributed by atoms with E-state index >= 15 is 0 Å². The Balaban J connectivity index is 1.78. The van der Waals surface area contributed by atoms with Gasteiger partial charge in [0, 0.05) is 28.5 Å². The van der Waals surface area contributed by atoms with E-state index < -0.39 is 0 Å². The van der Waals surface area contributed by atoms with Crippen LogP contribution in [0.5, 0.6) is 5.75 Å². The zero-order valence-electron chi connectivity index (χ0n) is 21.0. The molecule has 1 aliphatic heterocycles. The second kappa shape index (κ2) is 11.0. The molecule has 0 spiro atoms. The summed E-state index contributed by atoms with van der Waals surface area (Å²) in [6.07, 6.45) is 0.813. The van der Waals surface area contributed by atoms with Crippen LogP contribution in [0.25, 0.3) is 0 Å². The van der Waals surface area contributed by atoms with Gasteiger partial charge >= 0.3 is 6.03 Å². The van der Waals surface area contributed by atoms with Gasteiger partial charge in [0.25, 0.3) is 0 Å². The summed E-state index contributed by atoms with van der Waals surface area (Å²) in [5, 5.41) is 5.76.